The molecule has 4 amide bonds. The summed E-state index contributed by atoms with van der Waals surface area (Å²) in [6.07, 6.45) is 4.26. The maximum atomic E-state index is 12.8. The van der Waals surface area contributed by atoms with Crippen molar-refractivity contribution in [2.24, 2.45) is 0 Å². The summed E-state index contributed by atoms with van der Waals surface area (Å²) in [5.41, 5.74) is 1.46. The summed E-state index contributed by atoms with van der Waals surface area (Å²) >= 11 is 0. The van der Waals surface area contributed by atoms with Crippen LogP contribution in [0.5, 0.6) is 0 Å². The van der Waals surface area contributed by atoms with Gasteiger partial charge in [0.15, 0.2) is 0 Å². The average Bonchev–Trinajstić information content (AvgIpc) is 2.98. The van der Waals surface area contributed by atoms with Gasteiger partial charge in [-0.15, -0.1) is 0 Å². The molecule has 2 aliphatic heterocycles. The Bertz CT molecular complexity index is 828. The molecule has 1 aromatic rings. The first-order valence-electron chi connectivity index (χ1n) is 11.3. The van der Waals surface area contributed by atoms with Gasteiger partial charge in [0.2, 0.25) is 5.91 Å². The third kappa shape index (κ3) is 5.07. The van der Waals surface area contributed by atoms with Crippen LogP contribution in [0.15, 0.2) is 24.3 Å². The number of urea groups is 1. The fourth-order valence-electron chi connectivity index (χ4n) is 4.82. The maximum absolute atomic E-state index is 12.8. The van der Waals surface area contributed by atoms with Crippen molar-refractivity contribution in [1.29, 1.82) is 0 Å². The third-order valence-electron chi connectivity index (χ3n) is 6.74. The van der Waals surface area contributed by atoms with E-state index in [1.165, 1.54) is 5.56 Å². The normalized spacial score (nSPS) is 22.0. The zero-order valence-corrected chi connectivity index (χ0v) is 18.4. The molecule has 0 unspecified atom stereocenters. The van der Waals surface area contributed by atoms with E-state index >= 15 is 0 Å². The van der Waals surface area contributed by atoms with Gasteiger partial charge in [-0.1, -0.05) is 43.5 Å². The maximum Gasteiger partial charge on any atom is 0.325 e. The highest BCUT2D eigenvalue weighted by Gasteiger charge is 2.51. The summed E-state index contributed by atoms with van der Waals surface area (Å²) < 4.78 is 0. The van der Waals surface area contributed by atoms with E-state index in [1.807, 2.05) is 12.1 Å². The fourth-order valence-corrected chi connectivity index (χ4v) is 4.82. The van der Waals surface area contributed by atoms with E-state index in [2.05, 4.69) is 39.6 Å². The Kier molecular flexibility index (Phi) is 6.57. The van der Waals surface area contributed by atoms with Crippen LogP contribution in [0.1, 0.15) is 43.2 Å². The van der Waals surface area contributed by atoms with E-state index < -0.39 is 11.6 Å². The molecule has 2 heterocycles. The molecule has 1 saturated carbocycles. The lowest BCUT2D eigenvalue weighted by Gasteiger charge is -2.32. The lowest BCUT2D eigenvalue weighted by atomic mass is 9.82. The minimum atomic E-state index is -0.785. The zero-order chi connectivity index (χ0) is 21.8. The van der Waals surface area contributed by atoms with E-state index in [-0.39, 0.29) is 18.4 Å². The molecule has 8 heteroatoms. The Labute approximate surface area is 183 Å². The predicted molar refractivity (Wildman–Crippen MR) is 117 cm³/mol. The highest BCUT2D eigenvalue weighted by atomic mass is 16.2. The highest BCUT2D eigenvalue weighted by Crippen LogP contribution is 2.33. The minimum Gasteiger partial charge on any atom is -0.350 e. The molecule has 1 aliphatic carbocycles. The number of piperazine rings is 1. The minimum absolute atomic E-state index is 0.229. The van der Waals surface area contributed by atoms with Crippen molar-refractivity contribution >= 4 is 17.8 Å². The zero-order valence-electron chi connectivity index (χ0n) is 18.4. The summed E-state index contributed by atoms with van der Waals surface area (Å²) in [4.78, 5) is 43.5. The number of nitrogens with one attached hydrogen (secondary N) is 2. The average molecular weight is 428 g/mol. The number of hydrogen-bond acceptors (Lipinski definition) is 5. The molecule has 0 bridgehead atoms. The number of nitrogens with zero attached hydrogens (tertiary/aromatic N) is 3. The number of benzene rings is 1. The number of amides is 4. The molecule has 168 valence electrons. The smallest absolute Gasteiger partial charge is 0.325 e. The van der Waals surface area contributed by atoms with Gasteiger partial charge in [-0.05, 0) is 31.0 Å². The van der Waals surface area contributed by atoms with E-state index in [0.29, 0.717) is 19.4 Å². The van der Waals surface area contributed by atoms with Crippen molar-refractivity contribution in [2.75, 3.05) is 39.8 Å². The number of imide groups is 1. The molecule has 8 nitrogen and oxygen atoms in total. The van der Waals surface area contributed by atoms with Gasteiger partial charge >= 0.3 is 6.03 Å². The van der Waals surface area contributed by atoms with Crippen LogP contribution < -0.4 is 10.6 Å². The van der Waals surface area contributed by atoms with Crippen molar-refractivity contribution in [3.05, 3.63) is 35.4 Å². The van der Waals surface area contributed by atoms with Crippen molar-refractivity contribution in [1.82, 2.24) is 25.3 Å². The molecule has 4 rings (SSSR count). The Morgan fingerprint density at radius 2 is 1.77 bits per heavy atom. The van der Waals surface area contributed by atoms with Crippen LogP contribution in [0.25, 0.3) is 0 Å². The lowest BCUT2D eigenvalue weighted by Crippen LogP contribution is -2.49. The summed E-state index contributed by atoms with van der Waals surface area (Å²) in [7, 11) is 2.15. The van der Waals surface area contributed by atoms with Gasteiger partial charge in [-0.25, -0.2) is 4.79 Å². The molecule has 0 aromatic heterocycles. The van der Waals surface area contributed by atoms with Crippen LogP contribution in [0.4, 0.5) is 4.79 Å². The topological polar surface area (TPSA) is 85.0 Å². The van der Waals surface area contributed by atoms with Crippen LogP contribution in [0.3, 0.4) is 0 Å². The van der Waals surface area contributed by atoms with E-state index in [1.54, 1.807) is 0 Å². The van der Waals surface area contributed by atoms with Crippen molar-refractivity contribution in [3.8, 4) is 0 Å². The van der Waals surface area contributed by atoms with Crippen LogP contribution in [0.2, 0.25) is 0 Å². The third-order valence-corrected chi connectivity index (χ3v) is 6.74. The quantitative estimate of drug-likeness (QED) is 0.669. The van der Waals surface area contributed by atoms with Crippen LogP contribution in [-0.4, -0.2) is 77.9 Å². The van der Waals surface area contributed by atoms with Gasteiger partial charge in [0, 0.05) is 39.3 Å². The Morgan fingerprint density at radius 1 is 1.06 bits per heavy atom. The SMILES string of the molecule is CN1CCN(Cc2cccc(CNC(=O)CN3C(=O)NC4(CCCCC4)C3=O)c2)CC1. The standard InChI is InChI=1S/C23H33N5O3/c1-26-10-12-27(13-11-26)16-19-7-5-6-18(14-19)15-24-20(29)17-28-21(30)23(25-22(28)31)8-3-2-4-9-23/h5-7,14H,2-4,8-13,15-17H2,1H3,(H,24,29)(H,25,31). The lowest BCUT2D eigenvalue weighted by molar-refractivity contribution is -0.135. The second-order valence-electron chi connectivity index (χ2n) is 9.14. The Morgan fingerprint density at radius 3 is 2.52 bits per heavy atom. The first kappa shape index (κ1) is 21.8. The molecule has 3 aliphatic rings. The number of hydrogen-bond donors (Lipinski definition) is 2. The van der Waals surface area contributed by atoms with Gasteiger partial charge in [-0.3, -0.25) is 19.4 Å². The van der Waals surface area contributed by atoms with Crippen LogP contribution in [0, 0.1) is 0 Å². The monoisotopic (exact) mass is 427 g/mol. The molecule has 2 saturated heterocycles. The second-order valence-corrected chi connectivity index (χ2v) is 9.14. The summed E-state index contributed by atoms with van der Waals surface area (Å²) in [5.74, 6) is -0.567. The van der Waals surface area contributed by atoms with E-state index in [4.69, 9.17) is 0 Å². The molecule has 0 radical (unpaired) electrons. The number of carbonyl (C=O) groups excluding carboxylic acids is 3. The second kappa shape index (κ2) is 9.36. The van der Waals surface area contributed by atoms with Crippen molar-refractivity contribution in [3.63, 3.8) is 0 Å². The van der Waals surface area contributed by atoms with Crippen LogP contribution in [-0.2, 0) is 22.7 Å². The Hall–Kier alpha value is -2.45. The first-order chi connectivity index (χ1) is 14.9. The fraction of sp³-hybridized carbons (Fsp3) is 0.609. The molecular weight excluding hydrogens is 394 g/mol. The molecule has 2 N–H and O–H groups in total. The van der Waals surface area contributed by atoms with Crippen molar-refractivity contribution in [2.45, 2.75) is 50.7 Å². The molecular formula is C23H33N5O3. The number of rotatable bonds is 6. The van der Waals surface area contributed by atoms with Gasteiger partial charge in [0.1, 0.15) is 12.1 Å². The van der Waals surface area contributed by atoms with Gasteiger partial charge in [-0.2, -0.15) is 0 Å². The first-order valence-corrected chi connectivity index (χ1v) is 11.3. The molecule has 1 spiro atoms. The summed E-state index contributed by atoms with van der Waals surface area (Å²) in [6, 6.07) is 7.77. The Balaban J connectivity index is 1.28. The van der Waals surface area contributed by atoms with E-state index in [0.717, 1.165) is 62.4 Å². The summed E-state index contributed by atoms with van der Waals surface area (Å²) in [6.45, 7) is 5.34. The number of likely N-dealkylation sites (N-methyl/N-ethyl adjacent to an activating group) is 1. The van der Waals surface area contributed by atoms with Crippen molar-refractivity contribution < 1.29 is 14.4 Å². The van der Waals surface area contributed by atoms with Gasteiger partial charge in [0.05, 0.1) is 0 Å². The predicted octanol–water partition coefficient (Wildman–Crippen LogP) is 1.30. The van der Waals surface area contributed by atoms with Crippen LogP contribution >= 0.6 is 0 Å². The summed E-state index contributed by atoms with van der Waals surface area (Å²) in [5, 5.41) is 5.71. The number of carbonyl (C=O) groups is 3. The molecule has 1 aromatic carbocycles. The van der Waals surface area contributed by atoms with E-state index in [9.17, 15) is 14.4 Å². The molecule has 3 fully saturated rings. The van der Waals surface area contributed by atoms with Gasteiger partial charge < -0.3 is 15.5 Å². The molecule has 0 atom stereocenters. The highest BCUT2D eigenvalue weighted by molar-refractivity contribution is 6.09. The largest absolute Gasteiger partial charge is 0.350 e. The van der Waals surface area contributed by atoms with Gasteiger partial charge in [0.25, 0.3) is 5.91 Å². The molecule has 31 heavy (non-hydrogen) atoms.